The number of sulfonamides is 1. The Morgan fingerprint density at radius 3 is 2.47 bits per heavy atom. The van der Waals surface area contributed by atoms with Gasteiger partial charge in [-0.15, -0.1) is 0 Å². The first-order valence-corrected chi connectivity index (χ1v) is 12.9. The Morgan fingerprint density at radius 2 is 1.81 bits per heavy atom. The minimum absolute atomic E-state index is 0.0845. The number of carbonyl (C=O) groups excluding carboxylic acids is 2. The molecule has 4 rings (SSSR count). The fourth-order valence-corrected chi connectivity index (χ4v) is 6.83. The van der Waals surface area contributed by atoms with Crippen molar-refractivity contribution in [3.63, 3.8) is 0 Å². The van der Waals surface area contributed by atoms with Crippen molar-refractivity contribution in [3.05, 3.63) is 52.0 Å². The maximum atomic E-state index is 13.5. The number of carbonyl (C=O) groups is 2. The number of hydrogen-bond donors (Lipinski definition) is 1. The Hall–Kier alpha value is -2.23. The summed E-state index contributed by atoms with van der Waals surface area (Å²) < 4.78 is 29.2. The molecular formula is C23H26BrN3O4S. The second-order valence-corrected chi connectivity index (χ2v) is 11.2. The number of anilines is 2. The molecule has 0 spiro atoms. The van der Waals surface area contributed by atoms with E-state index in [1.807, 2.05) is 37.3 Å². The van der Waals surface area contributed by atoms with E-state index in [1.54, 1.807) is 6.07 Å². The van der Waals surface area contributed by atoms with Crippen molar-refractivity contribution in [2.24, 2.45) is 5.92 Å². The average Bonchev–Trinajstić information content (AvgIpc) is 3.17. The molecule has 32 heavy (non-hydrogen) atoms. The molecule has 170 valence electrons. The smallest absolute Gasteiger partial charge is 0.245 e. The molecule has 0 bridgehead atoms. The van der Waals surface area contributed by atoms with Gasteiger partial charge in [0.05, 0.1) is 5.69 Å². The van der Waals surface area contributed by atoms with Gasteiger partial charge in [-0.1, -0.05) is 28.1 Å². The van der Waals surface area contributed by atoms with Crippen molar-refractivity contribution in [2.75, 3.05) is 29.9 Å². The van der Waals surface area contributed by atoms with Gasteiger partial charge in [0.2, 0.25) is 21.8 Å². The standard InChI is InChI=1S/C23H26BrN3O4S/c1-15-4-3-5-20(12-15)25-23(29)17-6-9-26(10-7-17)32(30,31)21-14-19(24)13-18-8-11-27(16(2)28)22(18)21/h3-5,12-14,17H,6-11H2,1-2H3,(H,25,29). The van der Waals surface area contributed by atoms with Crippen LogP contribution in [0.1, 0.15) is 30.9 Å². The predicted molar refractivity (Wildman–Crippen MR) is 127 cm³/mol. The zero-order valence-corrected chi connectivity index (χ0v) is 20.5. The topological polar surface area (TPSA) is 86.8 Å². The van der Waals surface area contributed by atoms with Crippen molar-refractivity contribution in [2.45, 2.75) is 38.0 Å². The van der Waals surface area contributed by atoms with Crippen LogP contribution in [-0.4, -0.2) is 44.2 Å². The molecule has 1 fully saturated rings. The maximum Gasteiger partial charge on any atom is 0.245 e. The van der Waals surface area contributed by atoms with Gasteiger partial charge in [0.25, 0.3) is 0 Å². The lowest BCUT2D eigenvalue weighted by atomic mass is 9.97. The quantitative estimate of drug-likeness (QED) is 0.666. The van der Waals surface area contributed by atoms with Crippen molar-refractivity contribution < 1.29 is 18.0 Å². The van der Waals surface area contributed by atoms with Gasteiger partial charge in [0, 0.05) is 42.6 Å². The maximum absolute atomic E-state index is 13.5. The van der Waals surface area contributed by atoms with Crippen LogP contribution in [0.3, 0.4) is 0 Å². The molecular weight excluding hydrogens is 494 g/mol. The van der Waals surface area contributed by atoms with Crippen LogP contribution < -0.4 is 10.2 Å². The monoisotopic (exact) mass is 519 g/mol. The fraction of sp³-hybridized carbons (Fsp3) is 0.391. The van der Waals surface area contributed by atoms with Crippen LogP contribution in [0.5, 0.6) is 0 Å². The lowest BCUT2D eigenvalue weighted by Crippen LogP contribution is -2.42. The summed E-state index contributed by atoms with van der Waals surface area (Å²) in [6.07, 6.45) is 1.52. The van der Waals surface area contributed by atoms with Crippen LogP contribution in [0, 0.1) is 12.8 Å². The molecule has 2 heterocycles. The highest BCUT2D eigenvalue weighted by Gasteiger charge is 2.37. The Bertz CT molecular complexity index is 1170. The molecule has 7 nitrogen and oxygen atoms in total. The first kappa shape index (κ1) is 22.9. The van der Waals surface area contributed by atoms with E-state index in [-0.39, 0.29) is 35.7 Å². The van der Waals surface area contributed by atoms with E-state index in [1.165, 1.54) is 16.1 Å². The second-order valence-electron chi connectivity index (χ2n) is 8.37. The number of benzene rings is 2. The van der Waals surface area contributed by atoms with Gasteiger partial charge in [0.1, 0.15) is 4.90 Å². The zero-order valence-electron chi connectivity index (χ0n) is 18.1. The number of halogens is 1. The van der Waals surface area contributed by atoms with Gasteiger partial charge < -0.3 is 10.2 Å². The molecule has 1 saturated heterocycles. The molecule has 0 saturated carbocycles. The number of nitrogens with zero attached hydrogens (tertiary/aromatic N) is 2. The third-order valence-corrected chi connectivity index (χ3v) is 8.47. The minimum atomic E-state index is -3.81. The first-order valence-electron chi connectivity index (χ1n) is 10.6. The molecule has 2 aliphatic heterocycles. The van der Waals surface area contributed by atoms with E-state index < -0.39 is 10.0 Å². The lowest BCUT2D eigenvalue weighted by molar-refractivity contribution is -0.121. The Morgan fingerprint density at radius 1 is 1.09 bits per heavy atom. The van der Waals surface area contributed by atoms with Crippen LogP contribution in [0.4, 0.5) is 11.4 Å². The van der Waals surface area contributed by atoms with Crippen LogP contribution in [0.25, 0.3) is 0 Å². The van der Waals surface area contributed by atoms with Gasteiger partial charge in [-0.05, 0) is 61.6 Å². The van der Waals surface area contributed by atoms with E-state index in [2.05, 4.69) is 21.2 Å². The van der Waals surface area contributed by atoms with Crippen molar-refractivity contribution >= 4 is 49.1 Å². The van der Waals surface area contributed by atoms with Gasteiger partial charge >= 0.3 is 0 Å². The predicted octanol–water partition coefficient (Wildman–Crippen LogP) is 3.71. The summed E-state index contributed by atoms with van der Waals surface area (Å²) in [5.41, 5.74) is 3.14. The Balaban J connectivity index is 1.51. The van der Waals surface area contributed by atoms with Crippen LogP contribution in [0.15, 0.2) is 45.8 Å². The summed E-state index contributed by atoms with van der Waals surface area (Å²) in [6.45, 7) is 4.41. The number of hydrogen-bond acceptors (Lipinski definition) is 4. The SMILES string of the molecule is CC(=O)N1CCc2cc(Br)cc(S(=O)(=O)N3CCC(C(=O)Nc4cccc(C)c4)CC3)c21. The van der Waals surface area contributed by atoms with E-state index in [0.717, 1.165) is 16.8 Å². The highest BCUT2D eigenvalue weighted by Crippen LogP contribution is 2.39. The molecule has 0 atom stereocenters. The summed E-state index contributed by atoms with van der Waals surface area (Å²) in [5, 5.41) is 2.94. The third-order valence-electron chi connectivity index (χ3n) is 6.10. The Kier molecular flexibility index (Phi) is 6.42. The van der Waals surface area contributed by atoms with Crippen molar-refractivity contribution in [1.29, 1.82) is 0 Å². The van der Waals surface area contributed by atoms with Crippen LogP contribution in [-0.2, 0) is 26.0 Å². The molecule has 1 N–H and O–H groups in total. The molecule has 2 amide bonds. The number of nitrogens with one attached hydrogen (secondary N) is 1. The van der Waals surface area contributed by atoms with Crippen LogP contribution in [0.2, 0.25) is 0 Å². The molecule has 0 aliphatic carbocycles. The number of fused-ring (bicyclic) bond motifs is 1. The summed E-state index contributed by atoms with van der Waals surface area (Å²) in [4.78, 5) is 26.5. The van der Waals surface area contributed by atoms with Gasteiger partial charge in [-0.3, -0.25) is 9.59 Å². The summed E-state index contributed by atoms with van der Waals surface area (Å²) in [6, 6.07) is 11.1. The van der Waals surface area contributed by atoms with E-state index in [4.69, 9.17) is 0 Å². The minimum Gasteiger partial charge on any atom is -0.326 e. The zero-order chi connectivity index (χ0) is 23.0. The highest BCUT2D eigenvalue weighted by atomic mass is 79.9. The average molecular weight is 520 g/mol. The Labute approximate surface area is 197 Å². The first-order chi connectivity index (χ1) is 15.2. The third kappa shape index (κ3) is 4.46. The normalized spacial score (nSPS) is 17.3. The lowest BCUT2D eigenvalue weighted by Gasteiger charge is -2.31. The van der Waals surface area contributed by atoms with Gasteiger partial charge in [-0.2, -0.15) is 4.31 Å². The van der Waals surface area contributed by atoms with Gasteiger partial charge in [0.15, 0.2) is 0 Å². The largest absolute Gasteiger partial charge is 0.326 e. The number of rotatable bonds is 4. The molecule has 0 radical (unpaired) electrons. The molecule has 2 aromatic rings. The van der Waals surface area contributed by atoms with E-state index in [9.17, 15) is 18.0 Å². The van der Waals surface area contributed by atoms with Crippen molar-refractivity contribution in [3.8, 4) is 0 Å². The number of aryl methyl sites for hydroxylation is 1. The van der Waals surface area contributed by atoms with Crippen LogP contribution >= 0.6 is 15.9 Å². The highest BCUT2D eigenvalue weighted by molar-refractivity contribution is 9.10. The summed E-state index contributed by atoms with van der Waals surface area (Å²) in [7, 11) is -3.81. The molecule has 2 aliphatic rings. The molecule has 0 aromatic heterocycles. The van der Waals surface area contributed by atoms with E-state index >= 15 is 0 Å². The van der Waals surface area contributed by atoms with E-state index in [0.29, 0.717) is 36.0 Å². The summed E-state index contributed by atoms with van der Waals surface area (Å²) >= 11 is 3.42. The molecule has 2 aromatic carbocycles. The van der Waals surface area contributed by atoms with Crippen molar-refractivity contribution in [1.82, 2.24) is 4.31 Å². The fourth-order valence-electron chi connectivity index (χ4n) is 4.45. The number of amides is 2. The molecule has 0 unspecified atom stereocenters. The molecule has 9 heteroatoms. The van der Waals surface area contributed by atoms with Gasteiger partial charge in [-0.25, -0.2) is 8.42 Å². The second kappa shape index (κ2) is 8.96. The summed E-state index contributed by atoms with van der Waals surface area (Å²) in [5.74, 6) is -0.503. The number of piperidine rings is 1.